The van der Waals surface area contributed by atoms with Gasteiger partial charge < -0.3 is 10.4 Å². The van der Waals surface area contributed by atoms with Gasteiger partial charge in [-0.15, -0.1) is 11.3 Å². The van der Waals surface area contributed by atoms with E-state index in [9.17, 15) is 9.59 Å². The van der Waals surface area contributed by atoms with Crippen LogP contribution in [0.25, 0.3) is 0 Å². The van der Waals surface area contributed by atoms with E-state index in [-0.39, 0.29) is 11.8 Å². The Labute approximate surface area is 104 Å². The van der Waals surface area contributed by atoms with Crippen LogP contribution in [0, 0.1) is 12.8 Å². The van der Waals surface area contributed by atoms with Crippen molar-refractivity contribution in [3.63, 3.8) is 0 Å². The summed E-state index contributed by atoms with van der Waals surface area (Å²) in [6.07, 6.45) is 2.16. The zero-order valence-corrected chi connectivity index (χ0v) is 10.9. The number of hydrogen-bond acceptors (Lipinski definition) is 4. The fraction of sp³-hybridized carbons (Fsp3) is 0.545. The molecule has 0 aliphatic heterocycles. The molecule has 0 radical (unpaired) electrons. The summed E-state index contributed by atoms with van der Waals surface area (Å²) in [6.45, 7) is 5.49. The Kier molecular flexibility index (Phi) is 4.62. The number of nitrogens with one attached hydrogen (secondary N) is 1. The normalized spacial score (nSPS) is 14.1. The maximum Gasteiger partial charge on any atom is 0.326 e. The van der Waals surface area contributed by atoms with Crippen LogP contribution in [-0.4, -0.2) is 28.0 Å². The number of rotatable bonds is 5. The minimum Gasteiger partial charge on any atom is -0.480 e. The monoisotopic (exact) mass is 256 g/mol. The molecule has 94 valence electrons. The number of carboxylic acid groups (broad SMARTS) is 1. The molecular weight excluding hydrogens is 240 g/mol. The summed E-state index contributed by atoms with van der Waals surface area (Å²) < 4.78 is 0. The van der Waals surface area contributed by atoms with Gasteiger partial charge >= 0.3 is 5.97 Å². The first-order valence-electron chi connectivity index (χ1n) is 5.41. The third kappa shape index (κ3) is 3.52. The number of carbonyl (C=O) groups excluding carboxylic acids is 1. The Morgan fingerprint density at radius 1 is 1.59 bits per heavy atom. The van der Waals surface area contributed by atoms with E-state index in [4.69, 9.17) is 5.11 Å². The van der Waals surface area contributed by atoms with Gasteiger partial charge in [-0.3, -0.25) is 4.79 Å². The Morgan fingerprint density at radius 2 is 2.24 bits per heavy atom. The van der Waals surface area contributed by atoms with Crippen LogP contribution in [0.3, 0.4) is 0 Å². The summed E-state index contributed by atoms with van der Waals surface area (Å²) in [5, 5.41) is 12.4. The molecule has 1 rings (SSSR count). The molecule has 0 aliphatic rings. The topological polar surface area (TPSA) is 79.3 Å². The van der Waals surface area contributed by atoms with Crippen molar-refractivity contribution in [2.45, 2.75) is 33.2 Å². The lowest BCUT2D eigenvalue weighted by Gasteiger charge is -2.19. The summed E-state index contributed by atoms with van der Waals surface area (Å²) in [7, 11) is 0. The second kappa shape index (κ2) is 5.77. The lowest BCUT2D eigenvalue weighted by Crippen LogP contribution is -2.44. The van der Waals surface area contributed by atoms with E-state index in [1.165, 1.54) is 17.5 Å². The van der Waals surface area contributed by atoms with Crippen molar-refractivity contribution in [2.75, 3.05) is 0 Å². The molecule has 17 heavy (non-hydrogen) atoms. The molecule has 0 fully saturated rings. The van der Waals surface area contributed by atoms with Gasteiger partial charge in [0.05, 0.1) is 11.2 Å². The van der Waals surface area contributed by atoms with Crippen LogP contribution in [0.4, 0.5) is 0 Å². The molecule has 0 saturated heterocycles. The van der Waals surface area contributed by atoms with Gasteiger partial charge in [0.15, 0.2) is 0 Å². The third-order valence-corrected chi connectivity index (χ3v) is 3.52. The molecule has 2 atom stereocenters. The molecule has 6 heteroatoms. The quantitative estimate of drug-likeness (QED) is 0.840. The first-order chi connectivity index (χ1) is 7.95. The number of nitrogens with zero attached hydrogens (tertiary/aromatic N) is 1. The van der Waals surface area contributed by atoms with Crippen LogP contribution in [-0.2, 0) is 4.79 Å². The van der Waals surface area contributed by atoms with Crippen molar-refractivity contribution >= 4 is 23.2 Å². The van der Waals surface area contributed by atoms with Crippen molar-refractivity contribution in [1.29, 1.82) is 0 Å². The minimum atomic E-state index is -1.01. The smallest absolute Gasteiger partial charge is 0.326 e. The fourth-order valence-corrected chi connectivity index (χ4v) is 2.04. The maximum atomic E-state index is 11.8. The lowest BCUT2D eigenvalue weighted by atomic mass is 9.99. The summed E-state index contributed by atoms with van der Waals surface area (Å²) in [6, 6.07) is -0.852. The Morgan fingerprint density at radius 3 is 2.65 bits per heavy atom. The van der Waals surface area contributed by atoms with Gasteiger partial charge in [-0.1, -0.05) is 20.3 Å². The van der Waals surface area contributed by atoms with Crippen LogP contribution < -0.4 is 5.32 Å². The Hall–Kier alpha value is -1.43. The number of aliphatic carboxylic acids is 1. The number of carboxylic acids is 1. The Bertz CT molecular complexity index is 417. The predicted molar refractivity (Wildman–Crippen MR) is 65.2 cm³/mol. The SMILES string of the molecule is CCC(C)[C@H](NC(=O)c1cnc(C)s1)C(=O)O. The highest BCUT2D eigenvalue weighted by atomic mass is 32.1. The van der Waals surface area contributed by atoms with Crippen molar-refractivity contribution < 1.29 is 14.7 Å². The zero-order valence-electron chi connectivity index (χ0n) is 10.1. The number of aryl methyl sites for hydroxylation is 1. The summed E-state index contributed by atoms with van der Waals surface area (Å²) in [5.41, 5.74) is 0. The van der Waals surface area contributed by atoms with Crippen molar-refractivity contribution in [3.05, 3.63) is 16.1 Å². The van der Waals surface area contributed by atoms with E-state index in [1.54, 1.807) is 13.8 Å². The third-order valence-electron chi connectivity index (χ3n) is 2.61. The summed E-state index contributed by atoms with van der Waals surface area (Å²) in [4.78, 5) is 27.2. The highest BCUT2D eigenvalue weighted by molar-refractivity contribution is 7.13. The van der Waals surface area contributed by atoms with E-state index < -0.39 is 12.0 Å². The number of aromatic nitrogens is 1. The van der Waals surface area contributed by atoms with Crippen LogP contribution in [0.1, 0.15) is 34.9 Å². The molecule has 0 saturated carbocycles. The minimum absolute atomic E-state index is 0.106. The average molecular weight is 256 g/mol. The van der Waals surface area contributed by atoms with E-state index >= 15 is 0 Å². The van der Waals surface area contributed by atoms with E-state index in [1.807, 2.05) is 6.92 Å². The highest BCUT2D eigenvalue weighted by Gasteiger charge is 2.26. The van der Waals surface area contributed by atoms with Gasteiger partial charge in [-0.25, -0.2) is 9.78 Å². The molecular formula is C11H16N2O3S. The molecule has 1 unspecified atom stereocenters. The Balaban J connectivity index is 2.74. The van der Waals surface area contributed by atoms with Crippen molar-refractivity contribution in [3.8, 4) is 0 Å². The zero-order chi connectivity index (χ0) is 13.0. The van der Waals surface area contributed by atoms with Crippen LogP contribution in [0.15, 0.2) is 6.20 Å². The van der Waals surface area contributed by atoms with Crippen LogP contribution in [0.2, 0.25) is 0 Å². The second-order valence-corrected chi connectivity index (χ2v) is 5.15. The molecule has 0 aromatic carbocycles. The van der Waals surface area contributed by atoms with E-state index in [0.717, 1.165) is 5.01 Å². The van der Waals surface area contributed by atoms with Gasteiger partial charge in [0, 0.05) is 0 Å². The second-order valence-electron chi connectivity index (χ2n) is 3.92. The molecule has 1 aromatic rings. The predicted octanol–water partition coefficient (Wildman–Crippen LogP) is 1.68. The van der Waals surface area contributed by atoms with E-state index in [0.29, 0.717) is 11.3 Å². The molecule has 0 bridgehead atoms. The van der Waals surface area contributed by atoms with Gasteiger partial charge in [-0.2, -0.15) is 0 Å². The molecule has 0 spiro atoms. The first-order valence-corrected chi connectivity index (χ1v) is 6.23. The number of thiazole rings is 1. The van der Waals surface area contributed by atoms with E-state index in [2.05, 4.69) is 10.3 Å². The number of amides is 1. The van der Waals surface area contributed by atoms with Gasteiger partial charge in [0.1, 0.15) is 10.9 Å². The molecule has 0 aliphatic carbocycles. The first kappa shape index (κ1) is 13.6. The van der Waals surface area contributed by atoms with Crippen LogP contribution in [0.5, 0.6) is 0 Å². The van der Waals surface area contributed by atoms with Crippen molar-refractivity contribution in [2.24, 2.45) is 5.92 Å². The maximum absolute atomic E-state index is 11.8. The molecule has 1 heterocycles. The number of carbonyl (C=O) groups is 2. The molecule has 1 amide bonds. The van der Waals surface area contributed by atoms with Crippen LogP contribution >= 0.6 is 11.3 Å². The summed E-state index contributed by atoms with van der Waals surface area (Å²) >= 11 is 1.25. The average Bonchev–Trinajstić information content (AvgIpc) is 2.71. The fourth-order valence-electron chi connectivity index (χ4n) is 1.36. The largest absolute Gasteiger partial charge is 0.480 e. The lowest BCUT2D eigenvalue weighted by molar-refractivity contribution is -0.140. The van der Waals surface area contributed by atoms with Crippen molar-refractivity contribution in [1.82, 2.24) is 10.3 Å². The highest BCUT2D eigenvalue weighted by Crippen LogP contribution is 2.13. The molecule has 1 aromatic heterocycles. The van der Waals surface area contributed by atoms with Gasteiger partial charge in [-0.05, 0) is 12.8 Å². The standard InChI is InChI=1S/C11H16N2O3S/c1-4-6(2)9(11(15)16)13-10(14)8-5-12-7(3)17-8/h5-6,9H,4H2,1-3H3,(H,13,14)(H,15,16)/t6?,9-/m0/s1. The van der Waals surface area contributed by atoms with Gasteiger partial charge in [0.25, 0.3) is 5.91 Å². The van der Waals surface area contributed by atoms with Gasteiger partial charge in [0.2, 0.25) is 0 Å². The molecule has 2 N–H and O–H groups in total. The summed E-state index contributed by atoms with van der Waals surface area (Å²) in [5.74, 6) is -1.48. The molecule has 5 nitrogen and oxygen atoms in total. The number of hydrogen-bond donors (Lipinski definition) is 2.